The molecule has 2 fully saturated rings. The van der Waals surface area contributed by atoms with Gasteiger partial charge in [-0.05, 0) is 52.8 Å². The second-order valence-corrected chi connectivity index (χ2v) is 10.3. The fourth-order valence-electron chi connectivity index (χ4n) is 3.99. The van der Waals surface area contributed by atoms with Crippen molar-refractivity contribution in [1.29, 1.82) is 5.26 Å². The zero-order chi connectivity index (χ0) is 28.6. The zero-order valence-corrected chi connectivity index (χ0v) is 21.6. The molecule has 1 aromatic carbocycles. The van der Waals surface area contributed by atoms with Gasteiger partial charge in [-0.15, -0.1) is 0 Å². The Bertz CT molecular complexity index is 1230. The number of ether oxygens (including phenoxy) is 1. The summed E-state index contributed by atoms with van der Waals surface area (Å²) in [5.74, 6) is -0.726. The molecule has 13 heteroatoms. The maximum atomic E-state index is 13.4. The lowest BCUT2D eigenvalue weighted by atomic mass is 10.0. The van der Waals surface area contributed by atoms with E-state index >= 15 is 0 Å². The number of benzene rings is 1. The van der Waals surface area contributed by atoms with Gasteiger partial charge in [0, 0.05) is 19.6 Å². The summed E-state index contributed by atoms with van der Waals surface area (Å²) in [4.78, 5) is 55.1. The molecule has 2 aliphatic heterocycles. The predicted octanol–water partition coefficient (Wildman–Crippen LogP) is 4.35. The quantitative estimate of drug-likeness (QED) is 0.409. The number of rotatable bonds is 5. The number of hydrogen-bond acceptors (Lipinski definition) is 6. The van der Waals surface area contributed by atoms with Crippen molar-refractivity contribution in [3.05, 3.63) is 41.5 Å². The summed E-state index contributed by atoms with van der Waals surface area (Å²) in [5.41, 5.74) is -4.29. The summed E-state index contributed by atoms with van der Waals surface area (Å²) < 4.78 is 45.5. The maximum absolute atomic E-state index is 13.4. The van der Waals surface area contributed by atoms with Gasteiger partial charge in [-0.1, -0.05) is 12.2 Å². The van der Waals surface area contributed by atoms with Crippen LogP contribution in [0.3, 0.4) is 0 Å². The van der Waals surface area contributed by atoms with Gasteiger partial charge in [0.25, 0.3) is 5.91 Å². The lowest BCUT2D eigenvalue weighted by Gasteiger charge is -2.26. The molecule has 0 saturated carbocycles. The van der Waals surface area contributed by atoms with Crippen molar-refractivity contribution in [3.63, 3.8) is 0 Å². The van der Waals surface area contributed by atoms with Crippen molar-refractivity contribution in [2.75, 3.05) is 31.1 Å². The van der Waals surface area contributed by atoms with Gasteiger partial charge in [0.1, 0.15) is 11.1 Å². The van der Waals surface area contributed by atoms with E-state index in [1.165, 1.54) is 29.7 Å². The van der Waals surface area contributed by atoms with Crippen LogP contribution in [0.5, 0.6) is 0 Å². The molecule has 0 atom stereocenters. The van der Waals surface area contributed by atoms with Crippen LogP contribution >= 0.6 is 0 Å². The molecule has 1 aromatic rings. The van der Waals surface area contributed by atoms with Crippen molar-refractivity contribution in [1.82, 2.24) is 14.7 Å². The second-order valence-electron chi connectivity index (χ2n) is 10.3. The van der Waals surface area contributed by atoms with Crippen LogP contribution in [0.2, 0.25) is 0 Å². The number of hydrogen-bond donors (Lipinski definition) is 0. The summed E-state index contributed by atoms with van der Waals surface area (Å²) >= 11 is 0. The van der Waals surface area contributed by atoms with Crippen LogP contribution < -0.4 is 4.90 Å². The number of urea groups is 2. The molecular formula is C25H28F3N5O5. The van der Waals surface area contributed by atoms with Crippen molar-refractivity contribution < 1.29 is 37.1 Å². The summed E-state index contributed by atoms with van der Waals surface area (Å²) in [7, 11) is 0. The van der Waals surface area contributed by atoms with Gasteiger partial charge < -0.3 is 14.5 Å². The van der Waals surface area contributed by atoms with Gasteiger partial charge in [-0.25, -0.2) is 24.2 Å². The van der Waals surface area contributed by atoms with E-state index < -0.39 is 52.5 Å². The van der Waals surface area contributed by atoms with Crippen LogP contribution in [0.1, 0.15) is 45.7 Å². The minimum Gasteiger partial charge on any atom is -0.443 e. The molecule has 2 saturated heterocycles. The van der Waals surface area contributed by atoms with E-state index in [-0.39, 0.29) is 31.9 Å². The Balaban J connectivity index is 1.70. The second kappa shape index (κ2) is 10.00. The lowest BCUT2D eigenvalue weighted by Crippen LogP contribution is -2.44. The van der Waals surface area contributed by atoms with E-state index in [9.17, 15) is 32.3 Å². The molecule has 2 aliphatic rings. The Morgan fingerprint density at radius 2 is 1.71 bits per heavy atom. The number of carbonyl (C=O) groups excluding carboxylic acids is 4. The average Bonchev–Trinajstić information content (AvgIpc) is 3.24. The van der Waals surface area contributed by atoms with E-state index in [1.807, 2.05) is 0 Å². The highest BCUT2D eigenvalue weighted by molar-refractivity contribution is 6.23. The van der Waals surface area contributed by atoms with Gasteiger partial charge in [-0.2, -0.15) is 18.4 Å². The van der Waals surface area contributed by atoms with Crippen LogP contribution in [-0.4, -0.2) is 76.1 Å². The third kappa shape index (κ3) is 5.58. The van der Waals surface area contributed by atoms with Crippen molar-refractivity contribution in [2.24, 2.45) is 0 Å². The summed E-state index contributed by atoms with van der Waals surface area (Å²) in [6, 6.07) is 2.76. The van der Waals surface area contributed by atoms with E-state index in [2.05, 4.69) is 0 Å². The molecule has 0 spiro atoms. The number of anilines is 1. The number of amides is 6. The molecule has 2 heterocycles. The molecule has 0 unspecified atom stereocenters. The molecule has 10 nitrogen and oxygen atoms in total. The first-order chi connectivity index (χ1) is 17.5. The molecule has 0 N–H and O–H groups in total. The first kappa shape index (κ1) is 28.5. The highest BCUT2D eigenvalue weighted by atomic mass is 19.4. The number of carbonyl (C=O) groups is 4. The summed E-state index contributed by atoms with van der Waals surface area (Å²) in [6.07, 6.45) is -2.44. The van der Waals surface area contributed by atoms with E-state index in [4.69, 9.17) is 10.00 Å². The zero-order valence-electron chi connectivity index (χ0n) is 21.6. The molecule has 0 radical (unpaired) electrons. The van der Waals surface area contributed by atoms with Crippen LogP contribution in [0.15, 0.2) is 30.4 Å². The first-order valence-electron chi connectivity index (χ1n) is 11.7. The fourth-order valence-corrected chi connectivity index (χ4v) is 3.99. The number of alkyl halides is 3. The van der Waals surface area contributed by atoms with Crippen LogP contribution in [0, 0.1) is 11.3 Å². The van der Waals surface area contributed by atoms with Gasteiger partial charge in [0.15, 0.2) is 0 Å². The Morgan fingerprint density at radius 1 is 1.08 bits per heavy atom. The summed E-state index contributed by atoms with van der Waals surface area (Å²) in [6.45, 7) is 8.52. The van der Waals surface area contributed by atoms with Crippen LogP contribution in [-0.2, 0) is 15.7 Å². The Hall–Kier alpha value is -4.08. The first-order valence-corrected chi connectivity index (χ1v) is 11.7. The number of nitriles is 1. The maximum Gasteiger partial charge on any atom is 0.418 e. The molecule has 3 rings (SSSR count). The van der Waals surface area contributed by atoms with Gasteiger partial charge in [-0.3, -0.25) is 4.79 Å². The Labute approximate surface area is 217 Å². The Kier molecular flexibility index (Phi) is 7.50. The molecular weight excluding hydrogens is 507 g/mol. The third-order valence-electron chi connectivity index (χ3n) is 6.00. The highest BCUT2D eigenvalue weighted by Crippen LogP contribution is 2.37. The van der Waals surface area contributed by atoms with Gasteiger partial charge >= 0.3 is 24.3 Å². The third-order valence-corrected chi connectivity index (χ3v) is 6.00. The van der Waals surface area contributed by atoms with E-state index in [0.29, 0.717) is 11.0 Å². The smallest absolute Gasteiger partial charge is 0.418 e. The topological polar surface area (TPSA) is 114 Å². The van der Waals surface area contributed by atoms with Crippen LogP contribution in [0.25, 0.3) is 0 Å². The molecule has 204 valence electrons. The van der Waals surface area contributed by atoms with Crippen molar-refractivity contribution >= 4 is 29.8 Å². The monoisotopic (exact) mass is 535 g/mol. The molecule has 0 aromatic heterocycles. The normalized spacial score (nSPS) is 18.1. The van der Waals surface area contributed by atoms with Crippen LogP contribution in [0.4, 0.5) is 33.2 Å². The largest absolute Gasteiger partial charge is 0.443 e. The number of nitrogens with zero attached hydrogens (tertiary/aromatic N) is 5. The number of imide groups is 2. The van der Waals surface area contributed by atoms with Crippen molar-refractivity contribution in [3.8, 4) is 6.07 Å². The molecule has 38 heavy (non-hydrogen) atoms. The van der Waals surface area contributed by atoms with Gasteiger partial charge in [0.05, 0.1) is 29.4 Å². The van der Waals surface area contributed by atoms with Gasteiger partial charge in [0.2, 0.25) is 0 Å². The molecule has 6 amide bonds. The standard InChI is InChI=1S/C25H28F3N5O5/c1-23(2,3)38-22(37)31-13-12-30(20(31)35)10-6-7-11-32-21(36)33(19(34)24(32,4)5)17-9-8-16(15-29)18(14-17)25(26,27)28/h6-9,14H,10-13H2,1-5H3/b7-6-. The summed E-state index contributed by atoms with van der Waals surface area (Å²) in [5, 5.41) is 9.01. The minimum atomic E-state index is -4.85. The SMILES string of the molecule is CC(C)(C)OC(=O)N1CCN(C/C=C\CN2C(=O)N(c3ccc(C#N)c(C(F)(F)F)c3)C(=O)C2(C)C)C1=O. The van der Waals surface area contributed by atoms with Crippen molar-refractivity contribution in [2.45, 2.75) is 51.9 Å². The Morgan fingerprint density at radius 3 is 2.29 bits per heavy atom. The fraction of sp³-hybridized carbons (Fsp3) is 0.480. The predicted molar refractivity (Wildman–Crippen MR) is 129 cm³/mol. The average molecular weight is 536 g/mol. The van der Waals surface area contributed by atoms with E-state index in [0.717, 1.165) is 17.0 Å². The lowest BCUT2D eigenvalue weighted by molar-refractivity contribution is -0.137. The molecule has 0 aliphatic carbocycles. The molecule has 0 bridgehead atoms. The number of halogens is 3. The minimum absolute atomic E-state index is 0.0612. The van der Waals surface area contributed by atoms with E-state index in [1.54, 1.807) is 32.9 Å². The highest BCUT2D eigenvalue weighted by Gasteiger charge is 2.51.